The first-order valence-corrected chi connectivity index (χ1v) is 4.93. The molecule has 0 bridgehead atoms. The van der Waals surface area contributed by atoms with Gasteiger partial charge in [0.25, 0.3) is 0 Å². The molecule has 3 rings (SSSR count). The van der Waals surface area contributed by atoms with E-state index in [9.17, 15) is 0 Å². The first-order chi connectivity index (χ1) is 4.93. The summed E-state index contributed by atoms with van der Waals surface area (Å²) >= 11 is 0. The third-order valence-electron chi connectivity index (χ3n) is 3.89. The van der Waals surface area contributed by atoms with Crippen LogP contribution in [0.5, 0.6) is 0 Å². The quantitative estimate of drug-likeness (QED) is 0.480. The van der Waals surface area contributed by atoms with E-state index < -0.39 is 0 Å². The van der Waals surface area contributed by atoms with Crippen LogP contribution in [0, 0.1) is 23.7 Å². The lowest BCUT2D eigenvalue weighted by Crippen LogP contribution is -1.93. The fourth-order valence-corrected chi connectivity index (χ4v) is 2.94. The first-order valence-electron chi connectivity index (χ1n) is 4.93. The number of fused-ring (bicyclic) bond motifs is 2. The highest BCUT2D eigenvalue weighted by Gasteiger charge is 2.46. The molecule has 0 spiro atoms. The zero-order valence-electron chi connectivity index (χ0n) is 6.55. The molecule has 4 unspecified atom stereocenters. The Labute approximate surface area is 63.0 Å². The molecule has 0 aromatic rings. The van der Waals surface area contributed by atoms with E-state index in [4.69, 9.17) is 0 Å². The zero-order valence-corrected chi connectivity index (χ0v) is 6.55. The van der Waals surface area contributed by atoms with Crippen molar-refractivity contribution in [2.75, 3.05) is 0 Å². The maximum Gasteiger partial charge on any atom is -0.0380 e. The van der Waals surface area contributed by atoms with Gasteiger partial charge in [-0.1, -0.05) is 19.3 Å². The van der Waals surface area contributed by atoms with E-state index >= 15 is 0 Å². The molecule has 0 aromatic heterocycles. The summed E-state index contributed by atoms with van der Waals surface area (Å²) in [5.41, 5.74) is 0. The summed E-state index contributed by atoms with van der Waals surface area (Å²) in [7, 11) is 0. The van der Waals surface area contributed by atoms with Gasteiger partial charge >= 0.3 is 0 Å². The summed E-state index contributed by atoms with van der Waals surface area (Å²) in [5, 5.41) is 0. The van der Waals surface area contributed by atoms with Crippen LogP contribution in [0.4, 0.5) is 0 Å². The summed E-state index contributed by atoms with van der Waals surface area (Å²) in [4.78, 5) is 0. The van der Waals surface area contributed by atoms with Crippen LogP contribution in [0.25, 0.3) is 0 Å². The largest absolute Gasteiger partial charge is 0.0528 e. The lowest BCUT2D eigenvalue weighted by atomic mass is 10.0. The molecule has 0 heteroatoms. The predicted octanol–water partition coefficient (Wildman–Crippen LogP) is 2.83. The minimum Gasteiger partial charge on any atom is -0.0528 e. The highest BCUT2D eigenvalue weighted by atomic mass is 14.5. The van der Waals surface area contributed by atoms with Crippen molar-refractivity contribution in [2.45, 2.75) is 38.5 Å². The molecule has 0 aromatic carbocycles. The van der Waals surface area contributed by atoms with Crippen LogP contribution in [0.3, 0.4) is 0 Å². The van der Waals surface area contributed by atoms with E-state index in [1.165, 1.54) is 23.7 Å². The van der Waals surface area contributed by atoms with Gasteiger partial charge in [-0.2, -0.15) is 0 Å². The van der Waals surface area contributed by atoms with Crippen molar-refractivity contribution in [2.24, 2.45) is 23.7 Å². The molecule has 3 aliphatic carbocycles. The second kappa shape index (κ2) is 1.78. The van der Waals surface area contributed by atoms with E-state index in [0.717, 1.165) is 0 Å². The third-order valence-corrected chi connectivity index (χ3v) is 3.89. The number of rotatable bonds is 0. The number of hydrogen-bond donors (Lipinski definition) is 0. The van der Waals surface area contributed by atoms with E-state index in [0.29, 0.717) is 0 Å². The standard InChI is InChI=1S/C10H16/c1-2-7-4-9(7)6-10-5-8(10)3-1/h7-10H,1-6H2. The van der Waals surface area contributed by atoms with Crippen LogP contribution in [0.15, 0.2) is 0 Å². The van der Waals surface area contributed by atoms with Gasteiger partial charge in [-0.05, 0) is 42.9 Å². The summed E-state index contributed by atoms with van der Waals surface area (Å²) < 4.78 is 0. The molecule has 0 N–H and O–H groups in total. The van der Waals surface area contributed by atoms with Crippen molar-refractivity contribution in [1.29, 1.82) is 0 Å². The van der Waals surface area contributed by atoms with Gasteiger partial charge in [0, 0.05) is 0 Å². The molecule has 4 atom stereocenters. The van der Waals surface area contributed by atoms with Crippen molar-refractivity contribution in [1.82, 2.24) is 0 Å². The van der Waals surface area contributed by atoms with Gasteiger partial charge < -0.3 is 0 Å². The van der Waals surface area contributed by atoms with Crippen LogP contribution in [0.1, 0.15) is 38.5 Å². The highest BCUT2D eigenvalue weighted by Crippen LogP contribution is 2.57. The molecule has 0 radical (unpaired) electrons. The summed E-state index contributed by atoms with van der Waals surface area (Å²) in [5.74, 6) is 4.80. The molecule has 10 heavy (non-hydrogen) atoms. The van der Waals surface area contributed by atoms with E-state index in [1.54, 1.807) is 38.5 Å². The smallest absolute Gasteiger partial charge is 0.0380 e. The van der Waals surface area contributed by atoms with Crippen LogP contribution in [-0.4, -0.2) is 0 Å². The molecular formula is C10H16. The average Bonchev–Trinajstić information content (AvgIpc) is 2.75. The predicted molar refractivity (Wildman–Crippen MR) is 41.7 cm³/mol. The highest BCUT2D eigenvalue weighted by molar-refractivity contribution is 4.97. The zero-order chi connectivity index (χ0) is 6.55. The molecule has 0 heterocycles. The Balaban J connectivity index is 1.69. The van der Waals surface area contributed by atoms with Gasteiger partial charge in [-0.3, -0.25) is 0 Å². The lowest BCUT2D eigenvalue weighted by Gasteiger charge is -2.04. The van der Waals surface area contributed by atoms with Gasteiger partial charge in [-0.15, -0.1) is 0 Å². The van der Waals surface area contributed by atoms with Gasteiger partial charge in [-0.25, -0.2) is 0 Å². The molecular weight excluding hydrogens is 120 g/mol. The normalized spacial score (nSPS) is 57.6. The van der Waals surface area contributed by atoms with E-state index in [-0.39, 0.29) is 0 Å². The summed E-state index contributed by atoms with van der Waals surface area (Å²) in [6.45, 7) is 0. The molecule has 0 amide bonds. The molecule has 3 fully saturated rings. The number of hydrogen-bond acceptors (Lipinski definition) is 0. The SMILES string of the molecule is C1CC2CC2CC2CC2C1. The van der Waals surface area contributed by atoms with Crippen molar-refractivity contribution in [3.05, 3.63) is 0 Å². The molecule has 3 saturated carbocycles. The lowest BCUT2D eigenvalue weighted by molar-refractivity contribution is 0.468. The topological polar surface area (TPSA) is 0 Å². The van der Waals surface area contributed by atoms with Crippen molar-refractivity contribution >= 4 is 0 Å². The maximum atomic E-state index is 1.62. The van der Waals surface area contributed by atoms with Gasteiger partial charge in [0.05, 0.1) is 0 Å². The third kappa shape index (κ3) is 0.810. The molecule has 0 saturated heterocycles. The van der Waals surface area contributed by atoms with E-state index in [2.05, 4.69) is 0 Å². The minimum absolute atomic E-state index is 1.20. The Hall–Kier alpha value is 0. The second-order valence-electron chi connectivity index (χ2n) is 4.68. The Kier molecular flexibility index (Phi) is 1.00. The average molecular weight is 136 g/mol. The van der Waals surface area contributed by atoms with Crippen LogP contribution in [0.2, 0.25) is 0 Å². The molecule has 56 valence electrons. The first kappa shape index (κ1) is 5.62. The van der Waals surface area contributed by atoms with Crippen LogP contribution >= 0.6 is 0 Å². The van der Waals surface area contributed by atoms with Gasteiger partial charge in [0.15, 0.2) is 0 Å². The Morgan fingerprint density at radius 1 is 0.600 bits per heavy atom. The Morgan fingerprint density at radius 3 is 1.70 bits per heavy atom. The molecule has 3 aliphatic rings. The monoisotopic (exact) mass is 136 g/mol. The molecule has 0 aliphatic heterocycles. The maximum absolute atomic E-state index is 1.62. The van der Waals surface area contributed by atoms with E-state index in [1.807, 2.05) is 0 Å². The summed E-state index contributed by atoms with van der Waals surface area (Å²) in [6, 6.07) is 0. The van der Waals surface area contributed by atoms with Gasteiger partial charge in [0.1, 0.15) is 0 Å². The summed E-state index contributed by atoms with van der Waals surface area (Å²) in [6.07, 6.45) is 9.53. The fourth-order valence-electron chi connectivity index (χ4n) is 2.94. The van der Waals surface area contributed by atoms with Crippen LogP contribution < -0.4 is 0 Å². The second-order valence-corrected chi connectivity index (χ2v) is 4.68. The fraction of sp³-hybridized carbons (Fsp3) is 1.00. The van der Waals surface area contributed by atoms with Crippen molar-refractivity contribution < 1.29 is 0 Å². The molecule has 0 nitrogen and oxygen atoms in total. The van der Waals surface area contributed by atoms with Crippen LogP contribution in [-0.2, 0) is 0 Å². The van der Waals surface area contributed by atoms with Crippen molar-refractivity contribution in [3.63, 3.8) is 0 Å². The van der Waals surface area contributed by atoms with Crippen molar-refractivity contribution in [3.8, 4) is 0 Å². The minimum atomic E-state index is 1.20. The Morgan fingerprint density at radius 2 is 1.10 bits per heavy atom. The Bertz CT molecular complexity index is 134. The van der Waals surface area contributed by atoms with Gasteiger partial charge in [0.2, 0.25) is 0 Å².